The van der Waals surface area contributed by atoms with Gasteiger partial charge in [0.05, 0.1) is 30.0 Å². The number of carbonyl (C=O) groups excluding carboxylic acids is 1. The number of amides is 1. The summed E-state index contributed by atoms with van der Waals surface area (Å²) in [7, 11) is 0. The van der Waals surface area contributed by atoms with Gasteiger partial charge in [0.15, 0.2) is 0 Å². The number of hydrogen-bond acceptors (Lipinski definition) is 4. The molecule has 6 nitrogen and oxygen atoms in total. The van der Waals surface area contributed by atoms with Gasteiger partial charge in [-0.25, -0.2) is 0 Å². The summed E-state index contributed by atoms with van der Waals surface area (Å²) in [6.45, 7) is 2.36. The maximum atomic E-state index is 12.1. The van der Waals surface area contributed by atoms with E-state index in [-0.39, 0.29) is 11.8 Å². The second-order valence-electron chi connectivity index (χ2n) is 5.28. The molecule has 2 aromatic rings. The smallest absolute Gasteiger partial charge is 0.228 e. The second-order valence-corrected chi connectivity index (χ2v) is 5.28. The third kappa shape index (κ3) is 3.66. The number of rotatable bonds is 4. The first-order valence-corrected chi connectivity index (χ1v) is 7.25. The Morgan fingerprint density at radius 1 is 1.48 bits per heavy atom. The van der Waals surface area contributed by atoms with Crippen molar-refractivity contribution in [1.82, 2.24) is 20.1 Å². The van der Waals surface area contributed by atoms with Crippen LogP contribution in [0.2, 0.25) is 0 Å². The van der Waals surface area contributed by atoms with Gasteiger partial charge in [-0.15, -0.1) is 0 Å². The molecule has 21 heavy (non-hydrogen) atoms. The summed E-state index contributed by atoms with van der Waals surface area (Å²) >= 11 is 0. The highest BCUT2D eigenvalue weighted by Crippen LogP contribution is 2.14. The van der Waals surface area contributed by atoms with Crippen LogP contribution in [0.15, 0.2) is 36.8 Å². The summed E-state index contributed by atoms with van der Waals surface area (Å²) in [6.07, 6.45) is 7.27. The Morgan fingerprint density at radius 2 is 2.43 bits per heavy atom. The number of nitrogens with one attached hydrogen (secondary N) is 2. The zero-order valence-corrected chi connectivity index (χ0v) is 11.8. The van der Waals surface area contributed by atoms with Crippen molar-refractivity contribution in [2.24, 2.45) is 5.92 Å². The predicted octanol–water partition coefficient (Wildman–Crippen LogP) is 1.26. The lowest BCUT2D eigenvalue weighted by molar-refractivity contribution is -0.120. The van der Waals surface area contributed by atoms with Gasteiger partial charge in [-0.2, -0.15) is 5.10 Å². The van der Waals surface area contributed by atoms with Crippen LogP contribution in [0, 0.1) is 5.92 Å². The highest BCUT2D eigenvalue weighted by molar-refractivity contribution is 5.92. The van der Waals surface area contributed by atoms with E-state index in [0.717, 1.165) is 37.3 Å². The molecule has 3 heterocycles. The Labute approximate surface area is 123 Å². The Kier molecular flexibility index (Phi) is 4.25. The van der Waals surface area contributed by atoms with E-state index in [0.29, 0.717) is 6.54 Å². The van der Waals surface area contributed by atoms with Crippen molar-refractivity contribution < 1.29 is 4.79 Å². The lowest BCUT2D eigenvalue weighted by atomic mass is 9.99. The standard InChI is InChI=1S/C15H19N5O/c21-15(12-4-3-6-16-8-12)19-14-9-18-20(11-14)10-13-5-1-2-7-17-13/h1-2,5,7,9,11-12,16H,3-4,6,8,10H2,(H,19,21). The minimum atomic E-state index is 0.0536. The van der Waals surface area contributed by atoms with Crippen LogP contribution >= 0.6 is 0 Å². The topological polar surface area (TPSA) is 71.8 Å². The number of pyridine rings is 1. The summed E-state index contributed by atoms with van der Waals surface area (Å²) in [5, 5.41) is 10.4. The lowest BCUT2D eigenvalue weighted by Crippen LogP contribution is -2.37. The first-order valence-electron chi connectivity index (χ1n) is 7.25. The maximum absolute atomic E-state index is 12.1. The Bertz CT molecular complexity index is 589. The predicted molar refractivity (Wildman–Crippen MR) is 79.8 cm³/mol. The van der Waals surface area contributed by atoms with Crippen molar-refractivity contribution in [2.45, 2.75) is 19.4 Å². The van der Waals surface area contributed by atoms with E-state index >= 15 is 0 Å². The molecule has 1 atom stereocenters. The van der Waals surface area contributed by atoms with Crippen LogP contribution in [0.25, 0.3) is 0 Å². The molecule has 1 saturated heterocycles. The first kappa shape index (κ1) is 13.8. The van der Waals surface area contributed by atoms with Crippen molar-refractivity contribution in [2.75, 3.05) is 18.4 Å². The lowest BCUT2D eigenvalue weighted by Gasteiger charge is -2.21. The number of anilines is 1. The minimum Gasteiger partial charge on any atom is -0.323 e. The third-order valence-corrected chi connectivity index (χ3v) is 3.62. The molecular weight excluding hydrogens is 266 g/mol. The van der Waals surface area contributed by atoms with Gasteiger partial charge in [-0.1, -0.05) is 6.07 Å². The fourth-order valence-electron chi connectivity index (χ4n) is 2.49. The number of hydrogen-bond donors (Lipinski definition) is 2. The number of piperidine rings is 1. The molecule has 6 heteroatoms. The van der Waals surface area contributed by atoms with E-state index in [1.807, 2.05) is 24.4 Å². The summed E-state index contributed by atoms with van der Waals surface area (Å²) < 4.78 is 1.77. The van der Waals surface area contributed by atoms with E-state index in [9.17, 15) is 4.79 Å². The van der Waals surface area contributed by atoms with Gasteiger partial charge in [0.25, 0.3) is 0 Å². The van der Waals surface area contributed by atoms with E-state index in [1.54, 1.807) is 17.1 Å². The summed E-state index contributed by atoms with van der Waals surface area (Å²) in [6, 6.07) is 5.79. The van der Waals surface area contributed by atoms with Gasteiger partial charge < -0.3 is 10.6 Å². The van der Waals surface area contributed by atoms with E-state index < -0.39 is 0 Å². The van der Waals surface area contributed by atoms with Crippen LogP contribution in [-0.4, -0.2) is 33.8 Å². The van der Waals surface area contributed by atoms with Crippen LogP contribution in [0.5, 0.6) is 0 Å². The zero-order valence-electron chi connectivity index (χ0n) is 11.8. The summed E-state index contributed by atoms with van der Waals surface area (Å²) in [5.41, 5.74) is 1.68. The van der Waals surface area contributed by atoms with Gasteiger partial charge in [0.2, 0.25) is 5.91 Å². The molecule has 1 amide bonds. The quantitative estimate of drug-likeness (QED) is 0.887. The van der Waals surface area contributed by atoms with Crippen molar-refractivity contribution in [3.05, 3.63) is 42.5 Å². The molecule has 3 rings (SSSR count). The van der Waals surface area contributed by atoms with Crippen LogP contribution in [0.1, 0.15) is 18.5 Å². The fourth-order valence-corrected chi connectivity index (χ4v) is 2.49. The van der Waals surface area contributed by atoms with Crippen molar-refractivity contribution in [3.8, 4) is 0 Å². The van der Waals surface area contributed by atoms with Crippen LogP contribution in [0.3, 0.4) is 0 Å². The molecule has 1 unspecified atom stereocenters. The zero-order chi connectivity index (χ0) is 14.5. The Balaban J connectivity index is 1.58. The highest BCUT2D eigenvalue weighted by atomic mass is 16.1. The number of carbonyl (C=O) groups is 1. The molecule has 0 bridgehead atoms. The number of nitrogens with zero attached hydrogens (tertiary/aromatic N) is 3. The highest BCUT2D eigenvalue weighted by Gasteiger charge is 2.21. The van der Waals surface area contributed by atoms with Crippen LogP contribution < -0.4 is 10.6 Å². The van der Waals surface area contributed by atoms with Crippen molar-refractivity contribution in [1.29, 1.82) is 0 Å². The molecule has 2 N–H and O–H groups in total. The van der Waals surface area contributed by atoms with Gasteiger partial charge in [0, 0.05) is 18.9 Å². The largest absolute Gasteiger partial charge is 0.323 e. The fraction of sp³-hybridized carbons (Fsp3) is 0.400. The van der Waals surface area contributed by atoms with Gasteiger partial charge >= 0.3 is 0 Å². The summed E-state index contributed by atoms with van der Waals surface area (Å²) in [5.74, 6) is 0.123. The molecule has 0 saturated carbocycles. The average molecular weight is 285 g/mol. The van der Waals surface area contributed by atoms with E-state index in [1.165, 1.54) is 0 Å². The molecule has 1 aliphatic rings. The van der Waals surface area contributed by atoms with Gasteiger partial charge in [0.1, 0.15) is 0 Å². The normalized spacial score (nSPS) is 18.4. The maximum Gasteiger partial charge on any atom is 0.228 e. The molecule has 1 fully saturated rings. The third-order valence-electron chi connectivity index (χ3n) is 3.62. The average Bonchev–Trinajstić information content (AvgIpc) is 2.96. The van der Waals surface area contributed by atoms with E-state index in [2.05, 4.69) is 20.7 Å². The molecule has 0 spiro atoms. The molecule has 0 radical (unpaired) electrons. The van der Waals surface area contributed by atoms with Crippen molar-refractivity contribution >= 4 is 11.6 Å². The molecule has 0 aromatic carbocycles. The van der Waals surface area contributed by atoms with Crippen LogP contribution in [-0.2, 0) is 11.3 Å². The number of aromatic nitrogens is 3. The Morgan fingerprint density at radius 3 is 3.19 bits per heavy atom. The first-order chi connectivity index (χ1) is 10.3. The van der Waals surface area contributed by atoms with Crippen LogP contribution in [0.4, 0.5) is 5.69 Å². The Hall–Kier alpha value is -2.21. The molecule has 0 aliphatic carbocycles. The molecule has 110 valence electrons. The summed E-state index contributed by atoms with van der Waals surface area (Å²) in [4.78, 5) is 16.4. The van der Waals surface area contributed by atoms with E-state index in [4.69, 9.17) is 0 Å². The SMILES string of the molecule is O=C(Nc1cnn(Cc2ccccn2)c1)C1CCCNC1. The van der Waals surface area contributed by atoms with Crippen molar-refractivity contribution in [3.63, 3.8) is 0 Å². The van der Waals surface area contributed by atoms with Gasteiger partial charge in [-0.3, -0.25) is 14.5 Å². The minimum absolute atomic E-state index is 0.0536. The second kappa shape index (κ2) is 6.49. The monoisotopic (exact) mass is 285 g/mol. The molecule has 1 aliphatic heterocycles. The molecule has 2 aromatic heterocycles. The van der Waals surface area contributed by atoms with Gasteiger partial charge in [-0.05, 0) is 31.5 Å². The molecular formula is C15H19N5O.